The van der Waals surface area contributed by atoms with E-state index in [1.807, 2.05) is 30.5 Å². The summed E-state index contributed by atoms with van der Waals surface area (Å²) >= 11 is 0. The Balaban J connectivity index is 1.79. The molecule has 0 aliphatic carbocycles. The molecule has 0 bridgehead atoms. The van der Waals surface area contributed by atoms with Crippen molar-refractivity contribution in [3.05, 3.63) is 41.7 Å². The smallest absolute Gasteiger partial charge is 0.243 e. The fourth-order valence-corrected chi connectivity index (χ4v) is 2.10. The van der Waals surface area contributed by atoms with Gasteiger partial charge in [0.15, 0.2) is 0 Å². The summed E-state index contributed by atoms with van der Waals surface area (Å²) in [6, 6.07) is 7.82. The van der Waals surface area contributed by atoms with E-state index in [1.54, 1.807) is 17.3 Å². The van der Waals surface area contributed by atoms with Gasteiger partial charge in [0.2, 0.25) is 5.91 Å². The third-order valence-electron chi connectivity index (χ3n) is 3.30. The summed E-state index contributed by atoms with van der Waals surface area (Å²) < 4.78 is 6.91. The lowest BCUT2D eigenvalue weighted by Crippen LogP contribution is -2.17. The fourth-order valence-electron chi connectivity index (χ4n) is 2.10. The van der Waals surface area contributed by atoms with Gasteiger partial charge in [0.05, 0.1) is 19.3 Å². The van der Waals surface area contributed by atoms with E-state index in [-0.39, 0.29) is 5.91 Å². The monoisotopic (exact) mass is 304 g/mol. The van der Waals surface area contributed by atoms with Gasteiger partial charge in [-0.2, -0.15) is 0 Å². The van der Waals surface area contributed by atoms with Crippen LogP contribution in [-0.4, -0.2) is 33.2 Å². The Hall–Kier alpha value is -2.41. The number of carbonyl (C=O) groups excluding carboxylic acids is 1. The van der Waals surface area contributed by atoms with Crippen LogP contribution in [0.1, 0.15) is 30.5 Å². The van der Waals surface area contributed by atoms with Crippen LogP contribution in [0.15, 0.2) is 30.5 Å². The molecule has 1 amide bonds. The van der Waals surface area contributed by atoms with Crippen LogP contribution in [0, 0.1) is 0 Å². The van der Waals surface area contributed by atoms with Gasteiger partial charge in [0.1, 0.15) is 5.75 Å². The quantitative estimate of drug-likeness (QED) is 0.439. The number of hydroxylamine groups is 1. The maximum absolute atomic E-state index is 10.9. The molecule has 22 heavy (non-hydrogen) atoms. The second kappa shape index (κ2) is 8.14. The van der Waals surface area contributed by atoms with Gasteiger partial charge in [-0.3, -0.25) is 10.0 Å². The Bertz CT molecular complexity index is 595. The number of hydrogen-bond acceptors (Lipinski definition) is 5. The second-order valence-electron chi connectivity index (χ2n) is 5.00. The SMILES string of the molecule is COc1ccc(Cn2cc(CCCCC(=O)NO)nn2)cc1. The number of aromatic nitrogens is 3. The maximum Gasteiger partial charge on any atom is 0.243 e. The summed E-state index contributed by atoms with van der Waals surface area (Å²) in [6.07, 6.45) is 4.53. The highest BCUT2D eigenvalue weighted by molar-refractivity contribution is 5.74. The number of methoxy groups -OCH3 is 1. The Labute approximate surface area is 128 Å². The van der Waals surface area contributed by atoms with Crippen molar-refractivity contribution in [3.63, 3.8) is 0 Å². The molecule has 0 aliphatic heterocycles. The largest absolute Gasteiger partial charge is 0.497 e. The van der Waals surface area contributed by atoms with Crippen molar-refractivity contribution in [3.8, 4) is 5.75 Å². The van der Waals surface area contributed by atoms with Crippen molar-refractivity contribution in [2.24, 2.45) is 0 Å². The standard InChI is InChI=1S/C15H20N4O3/c1-22-14-8-6-12(7-9-14)10-19-11-13(16-18-19)4-2-3-5-15(20)17-21/h6-9,11,21H,2-5,10H2,1H3,(H,17,20). The summed E-state index contributed by atoms with van der Waals surface area (Å²) in [5, 5.41) is 16.6. The average Bonchev–Trinajstić information content (AvgIpc) is 2.99. The molecular formula is C15H20N4O3. The number of aryl methyl sites for hydroxylation is 1. The maximum atomic E-state index is 10.9. The van der Waals surface area contributed by atoms with Crippen LogP contribution < -0.4 is 10.2 Å². The number of rotatable bonds is 8. The molecule has 118 valence electrons. The van der Waals surface area contributed by atoms with E-state index in [4.69, 9.17) is 9.94 Å². The topological polar surface area (TPSA) is 89.3 Å². The number of nitrogens with zero attached hydrogens (tertiary/aromatic N) is 3. The minimum atomic E-state index is -0.358. The lowest BCUT2D eigenvalue weighted by Gasteiger charge is -2.03. The molecule has 1 heterocycles. The number of nitrogens with one attached hydrogen (secondary N) is 1. The number of ether oxygens (including phenoxy) is 1. The highest BCUT2D eigenvalue weighted by Crippen LogP contribution is 2.12. The minimum absolute atomic E-state index is 0.316. The lowest BCUT2D eigenvalue weighted by molar-refractivity contribution is -0.129. The average molecular weight is 304 g/mol. The zero-order valence-corrected chi connectivity index (χ0v) is 12.5. The van der Waals surface area contributed by atoms with Crippen molar-refractivity contribution in [2.75, 3.05) is 7.11 Å². The normalized spacial score (nSPS) is 10.5. The number of unbranched alkanes of at least 4 members (excludes halogenated alkanes) is 1. The molecule has 7 heteroatoms. The van der Waals surface area contributed by atoms with Crippen molar-refractivity contribution < 1.29 is 14.7 Å². The summed E-state index contributed by atoms with van der Waals surface area (Å²) in [4.78, 5) is 10.9. The summed E-state index contributed by atoms with van der Waals surface area (Å²) in [5.41, 5.74) is 3.65. The zero-order chi connectivity index (χ0) is 15.8. The highest BCUT2D eigenvalue weighted by Gasteiger charge is 2.04. The molecular weight excluding hydrogens is 284 g/mol. The van der Waals surface area contributed by atoms with Crippen LogP contribution in [0.2, 0.25) is 0 Å². The van der Waals surface area contributed by atoms with E-state index in [2.05, 4.69) is 10.3 Å². The van der Waals surface area contributed by atoms with Gasteiger partial charge in [-0.15, -0.1) is 5.10 Å². The van der Waals surface area contributed by atoms with E-state index in [0.717, 1.165) is 29.8 Å². The predicted molar refractivity (Wildman–Crippen MR) is 79.6 cm³/mol. The molecule has 0 atom stereocenters. The highest BCUT2D eigenvalue weighted by atomic mass is 16.5. The summed E-state index contributed by atoms with van der Waals surface area (Å²) in [6.45, 7) is 0.657. The van der Waals surface area contributed by atoms with Gasteiger partial charge in [0, 0.05) is 12.6 Å². The first-order chi connectivity index (χ1) is 10.7. The first kappa shape index (κ1) is 16.0. The number of carbonyl (C=O) groups is 1. The molecule has 1 aromatic heterocycles. The van der Waals surface area contributed by atoms with E-state index in [0.29, 0.717) is 19.4 Å². The number of benzene rings is 1. The summed E-state index contributed by atoms with van der Waals surface area (Å²) in [7, 11) is 1.64. The predicted octanol–water partition coefficient (Wildman–Crippen LogP) is 1.55. The van der Waals surface area contributed by atoms with E-state index in [1.165, 1.54) is 0 Å². The Morgan fingerprint density at radius 1 is 1.32 bits per heavy atom. The first-order valence-corrected chi connectivity index (χ1v) is 7.16. The van der Waals surface area contributed by atoms with E-state index in [9.17, 15) is 4.79 Å². The zero-order valence-electron chi connectivity index (χ0n) is 12.5. The van der Waals surface area contributed by atoms with Crippen LogP contribution in [0.5, 0.6) is 5.75 Å². The molecule has 2 aromatic rings. The van der Waals surface area contributed by atoms with Crippen LogP contribution in [0.4, 0.5) is 0 Å². The molecule has 0 radical (unpaired) electrons. The summed E-state index contributed by atoms with van der Waals surface area (Å²) in [5.74, 6) is 0.470. The van der Waals surface area contributed by atoms with Crippen molar-refractivity contribution in [1.29, 1.82) is 0 Å². The van der Waals surface area contributed by atoms with Crippen molar-refractivity contribution in [2.45, 2.75) is 32.2 Å². The fraction of sp³-hybridized carbons (Fsp3) is 0.400. The third kappa shape index (κ3) is 4.85. The molecule has 0 saturated carbocycles. The second-order valence-corrected chi connectivity index (χ2v) is 5.00. The minimum Gasteiger partial charge on any atom is -0.497 e. The van der Waals surface area contributed by atoms with Crippen LogP contribution >= 0.6 is 0 Å². The molecule has 0 fully saturated rings. The van der Waals surface area contributed by atoms with Gasteiger partial charge in [0.25, 0.3) is 0 Å². The molecule has 1 aromatic carbocycles. The Kier molecular flexibility index (Phi) is 5.91. The first-order valence-electron chi connectivity index (χ1n) is 7.16. The van der Waals surface area contributed by atoms with E-state index >= 15 is 0 Å². The van der Waals surface area contributed by atoms with Gasteiger partial charge in [-0.25, -0.2) is 10.2 Å². The van der Waals surface area contributed by atoms with Crippen LogP contribution in [0.25, 0.3) is 0 Å². The van der Waals surface area contributed by atoms with Crippen molar-refractivity contribution >= 4 is 5.91 Å². The van der Waals surface area contributed by atoms with E-state index < -0.39 is 0 Å². The van der Waals surface area contributed by atoms with Gasteiger partial charge in [-0.05, 0) is 37.0 Å². The molecule has 7 nitrogen and oxygen atoms in total. The van der Waals surface area contributed by atoms with Crippen LogP contribution in [0.3, 0.4) is 0 Å². The third-order valence-corrected chi connectivity index (χ3v) is 3.30. The van der Waals surface area contributed by atoms with Crippen molar-refractivity contribution in [1.82, 2.24) is 20.5 Å². The number of amides is 1. The number of hydrogen-bond donors (Lipinski definition) is 2. The molecule has 2 N–H and O–H groups in total. The Morgan fingerprint density at radius 2 is 2.09 bits per heavy atom. The molecule has 0 saturated heterocycles. The van der Waals surface area contributed by atoms with Crippen LogP contribution in [-0.2, 0) is 17.8 Å². The molecule has 2 rings (SSSR count). The molecule has 0 spiro atoms. The van der Waals surface area contributed by atoms with Gasteiger partial charge in [-0.1, -0.05) is 17.3 Å². The molecule has 0 unspecified atom stereocenters. The Morgan fingerprint density at radius 3 is 2.77 bits per heavy atom. The van der Waals surface area contributed by atoms with Gasteiger partial charge >= 0.3 is 0 Å². The lowest BCUT2D eigenvalue weighted by atomic mass is 10.1. The van der Waals surface area contributed by atoms with Gasteiger partial charge < -0.3 is 4.74 Å². The molecule has 0 aliphatic rings.